The molecule has 1 fully saturated rings. The van der Waals surface area contributed by atoms with E-state index in [4.69, 9.17) is 21.1 Å². The SMILES string of the molecule is O=CCN1CC[C@@](OCc2ccccc2)(c2ccc(Cl)cc2)[C@@H](OCc2ccc(Br)cc2)C1. The van der Waals surface area contributed by atoms with E-state index in [1.165, 1.54) is 0 Å². The normalized spacial score (nSPS) is 21.1. The predicted octanol–water partition coefficient (Wildman–Crippen LogP) is 6.00. The van der Waals surface area contributed by atoms with Gasteiger partial charge in [0.15, 0.2) is 0 Å². The summed E-state index contributed by atoms with van der Waals surface area (Å²) in [5.41, 5.74) is 2.57. The molecule has 0 unspecified atom stereocenters. The van der Waals surface area contributed by atoms with E-state index in [0.29, 0.717) is 37.7 Å². The van der Waals surface area contributed by atoms with Crippen molar-refractivity contribution in [3.05, 3.63) is 105 Å². The molecule has 0 saturated carbocycles. The number of nitrogens with zero attached hydrogens (tertiary/aromatic N) is 1. The second-order valence-electron chi connectivity index (χ2n) is 8.27. The maximum atomic E-state index is 11.2. The Morgan fingerprint density at radius 3 is 2.36 bits per heavy atom. The molecule has 172 valence electrons. The first kappa shape index (κ1) is 24.1. The lowest BCUT2D eigenvalue weighted by atomic mass is 9.81. The van der Waals surface area contributed by atoms with Crippen LogP contribution >= 0.6 is 27.5 Å². The van der Waals surface area contributed by atoms with Crippen molar-refractivity contribution >= 4 is 33.8 Å². The molecule has 0 spiro atoms. The monoisotopic (exact) mass is 527 g/mol. The Morgan fingerprint density at radius 1 is 0.970 bits per heavy atom. The molecule has 33 heavy (non-hydrogen) atoms. The fourth-order valence-electron chi connectivity index (χ4n) is 4.29. The van der Waals surface area contributed by atoms with Gasteiger partial charge in [0.1, 0.15) is 18.0 Å². The average Bonchev–Trinajstić information content (AvgIpc) is 2.84. The Bertz CT molecular complexity index is 1030. The van der Waals surface area contributed by atoms with Gasteiger partial charge in [0.05, 0.1) is 19.8 Å². The van der Waals surface area contributed by atoms with Gasteiger partial charge in [-0.3, -0.25) is 4.90 Å². The van der Waals surface area contributed by atoms with Gasteiger partial charge in [-0.2, -0.15) is 0 Å². The summed E-state index contributed by atoms with van der Waals surface area (Å²) in [6.07, 6.45) is 1.39. The maximum absolute atomic E-state index is 11.2. The van der Waals surface area contributed by atoms with Gasteiger partial charge in [0.2, 0.25) is 0 Å². The standard InChI is InChI=1S/C27H27BrClNO3/c28-24-10-6-22(7-11-24)19-32-26-18-30(16-17-31)15-14-27(26,23-8-12-25(29)13-9-23)33-20-21-4-2-1-3-5-21/h1-13,17,26H,14-16,18-20H2/t26-,27+/m0/s1. The number of ether oxygens (including phenoxy) is 2. The highest BCUT2D eigenvalue weighted by molar-refractivity contribution is 9.10. The van der Waals surface area contributed by atoms with Crippen LogP contribution < -0.4 is 0 Å². The molecule has 0 amide bonds. The van der Waals surface area contributed by atoms with E-state index in [-0.39, 0.29) is 6.10 Å². The summed E-state index contributed by atoms with van der Waals surface area (Å²) < 4.78 is 14.3. The van der Waals surface area contributed by atoms with Gasteiger partial charge < -0.3 is 14.3 Å². The van der Waals surface area contributed by atoms with Crippen molar-refractivity contribution in [1.29, 1.82) is 0 Å². The summed E-state index contributed by atoms with van der Waals surface area (Å²) in [6.45, 7) is 2.65. The Hall–Kier alpha value is -2.02. The zero-order valence-corrected chi connectivity index (χ0v) is 20.7. The van der Waals surface area contributed by atoms with Gasteiger partial charge >= 0.3 is 0 Å². The van der Waals surface area contributed by atoms with Crippen LogP contribution in [0.15, 0.2) is 83.3 Å². The van der Waals surface area contributed by atoms with Crippen LogP contribution in [-0.4, -0.2) is 36.9 Å². The van der Waals surface area contributed by atoms with Crippen molar-refractivity contribution in [2.75, 3.05) is 19.6 Å². The first-order valence-electron chi connectivity index (χ1n) is 11.0. The van der Waals surface area contributed by atoms with E-state index in [1.807, 2.05) is 66.7 Å². The molecule has 6 heteroatoms. The smallest absolute Gasteiger partial charge is 0.133 e. The van der Waals surface area contributed by atoms with E-state index in [2.05, 4.69) is 33.0 Å². The molecule has 0 radical (unpaired) electrons. The van der Waals surface area contributed by atoms with Gasteiger partial charge in [-0.1, -0.05) is 82.1 Å². The van der Waals surface area contributed by atoms with Crippen LogP contribution in [0.5, 0.6) is 0 Å². The van der Waals surface area contributed by atoms with Crippen LogP contribution in [0.1, 0.15) is 23.1 Å². The van der Waals surface area contributed by atoms with E-state index in [0.717, 1.165) is 34.0 Å². The van der Waals surface area contributed by atoms with Crippen molar-refractivity contribution in [1.82, 2.24) is 4.90 Å². The largest absolute Gasteiger partial charge is 0.369 e. The number of carbonyl (C=O) groups is 1. The maximum Gasteiger partial charge on any atom is 0.133 e. The molecule has 3 aromatic rings. The van der Waals surface area contributed by atoms with Crippen molar-refractivity contribution in [3.8, 4) is 0 Å². The van der Waals surface area contributed by atoms with Crippen molar-refractivity contribution in [2.45, 2.75) is 31.3 Å². The van der Waals surface area contributed by atoms with Gasteiger partial charge in [-0.05, 0) is 47.4 Å². The van der Waals surface area contributed by atoms with Crippen LogP contribution in [0.4, 0.5) is 0 Å². The summed E-state index contributed by atoms with van der Waals surface area (Å²) in [6, 6.07) is 26.1. The quantitative estimate of drug-likeness (QED) is 0.319. The number of hydrogen-bond acceptors (Lipinski definition) is 4. The Balaban J connectivity index is 1.65. The number of piperidine rings is 1. The third-order valence-electron chi connectivity index (χ3n) is 6.11. The van der Waals surface area contributed by atoms with Crippen LogP contribution in [0.2, 0.25) is 5.02 Å². The fraction of sp³-hybridized carbons (Fsp3) is 0.296. The zero-order valence-electron chi connectivity index (χ0n) is 18.3. The minimum Gasteiger partial charge on any atom is -0.369 e. The highest BCUT2D eigenvalue weighted by atomic mass is 79.9. The number of aldehydes is 1. The van der Waals surface area contributed by atoms with Crippen LogP contribution in [0, 0.1) is 0 Å². The lowest BCUT2D eigenvalue weighted by molar-refractivity contribution is -0.193. The number of halogens is 2. The first-order chi connectivity index (χ1) is 16.1. The molecule has 2 atom stereocenters. The molecule has 4 nitrogen and oxygen atoms in total. The molecule has 0 aromatic heterocycles. The Kier molecular flexibility index (Phi) is 8.34. The fourth-order valence-corrected chi connectivity index (χ4v) is 4.68. The predicted molar refractivity (Wildman–Crippen MR) is 134 cm³/mol. The number of benzene rings is 3. The molecular weight excluding hydrogens is 502 g/mol. The zero-order chi connectivity index (χ0) is 23.1. The van der Waals surface area contributed by atoms with Crippen LogP contribution in [0.3, 0.4) is 0 Å². The second kappa shape index (κ2) is 11.4. The molecule has 1 saturated heterocycles. The molecule has 1 aliphatic rings. The molecule has 1 heterocycles. The highest BCUT2D eigenvalue weighted by Gasteiger charge is 2.46. The molecule has 0 N–H and O–H groups in total. The highest BCUT2D eigenvalue weighted by Crippen LogP contribution is 2.40. The number of rotatable bonds is 9. The summed E-state index contributed by atoms with van der Waals surface area (Å²) in [7, 11) is 0. The summed E-state index contributed by atoms with van der Waals surface area (Å²) in [5, 5.41) is 0.683. The summed E-state index contributed by atoms with van der Waals surface area (Å²) in [4.78, 5) is 13.4. The van der Waals surface area contributed by atoms with Crippen molar-refractivity contribution < 1.29 is 14.3 Å². The first-order valence-corrected chi connectivity index (χ1v) is 12.2. The minimum atomic E-state index is -0.658. The molecule has 0 bridgehead atoms. The molecular formula is C27H27BrClNO3. The van der Waals surface area contributed by atoms with E-state index >= 15 is 0 Å². The molecule has 3 aromatic carbocycles. The molecule has 0 aliphatic carbocycles. The van der Waals surface area contributed by atoms with E-state index in [1.54, 1.807) is 0 Å². The minimum absolute atomic E-state index is 0.264. The lowest BCUT2D eigenvalue weighted by Crippen LogP contribution is -2.56. The molecule has 4 rings (SSSR count). The number of likely N-dealkylation sites (tertiary alicyclic amines) is 1. The summed E-state index contributed by atoms with van der Waals surface area (Å²) >= 11 is 9.68. The average molecular weight is 529 g/mol. The van der Waals surface area contributed by atoms with Crippen LogP contribution in [0.25, 0.3) is 0 Å². The third kappa shape index (κ3) is 6.11. The lowest BCUT2D eigenvalue weighted by Gasteiger charge is -2.47. The number of hydrogen-bond donors (Lipinski definition) is 0. The van der Waals surface area contributed by atoms with Gasteiger partial charge in [-0.15, -0.1) is 0 Å². The topological polar surface area (TPSA) is 38.8 Å². The number of carbonyl (C=O) groups excluding carboxylic acids is 1. The van der Waals surface area contributed by atoms with E-state index in [9.17, 15) is 4.79 Å². The second-order valence-corrected chi connectivity index (χ2v) is 9.63. The van der Waals surface area contributed by atoms with Crippen molar-refractivity contribution in [2.24, 2.45) is 0 Å². The van der Waals surface area contributed by atoms with E-state index < -0.39 is 5.60 Å². The molecule has 1 aliphatic heterocycles. The van der Waals surface area contributed by atoms with Gasteiger partial charge in [0.25, 0.3) is 0 Å². The third-order valence-corrected chi connectivity index (χ3v) is 6.89. The Morgan fingerprint density at radius 2 is 1.67 bits per heavy atom. The van der Waals surface area contributed by atoms with Gasteiger partial charge in [-0.25, -0.2) is 0 Å². The van der Waals surface area contributed by atoms with Crippen LogP contribution in [-0.2, 0) is 33.1 Å². The summed E-state index contributed by atoms with van der Waals surface area (Å²) in [5.74, 6) is 0. The Labute approximate surface area is 208 Å². The van der Waals surface area contributed by atoms with Gasteiger partial charge in [0, 0.05) is 22.6 Å². The van der Waals surface area contributed by atoms with Crippen molar-refractivity contribution in [3.63, 3.8) is 0 Å².